The van der Waals surface area contributed by atoms with Gasteiger partial charge < -0.3 is 0 Å². The molecule has 6 rings (SSSR count). The Morgan fingerprint density at radius 1 is 0.571 bits per heavy atom. The quantitative estimate of drug-likeness (QED) is 0.198. The van der Waals surface area contributed by atoms with Crippen molar-refractivity contribution in [1.29, 1.82) is 0 Å². The summed E-state index contributed by atoms with van der Waals surface area (Å²) < 4.78 is 0.642. The van der Waals surface area contributed by atoms with Crippen molar-refractivity contribution >= 4 is 46.0 Å². The van der Waals surface area contributed by atoms with Crippen LogP contribution in [0.2, 0.25) is 58.9 Å². The Bertz CT molecular complexity index is 1130. The van der Waals surface area contributed by atoms with Crippen molar-refractivity contribution in [3.05, 3.63) is 106 Å². The van der Waals surface area contributed by atoms with Crippen LogP contribution in [0.5, 0.6) is 0 Å². The molecule has 1 atom stereocenters. The van der Waals surface area contributed by atoms with Crippen LogP contribution in [0.4, 0.5) is 0 Å². The van der Waals surface area contributed by atoms with Gasteiger partial charge in [0.25, 0.3) is 0 Å². The van der Waals surface area contributed by atoms with Gasteiger partial charge in [-0.15, -0.1) is 0 Å². The Balaban J connectivity index is 1.80. The fourth-order valence-corrected chi connectivity index (χ4v) is 64.5. The first kappa shape index (κ1) is 25.9. The molecule has 5 heteroatoms. The molecule has 0 N–H and O–H groups in total. The predicted octanol–water partition coefficient (Wildman–Crippen LogP) is 8.45. The molecule has 0 heterocycles. The van der Waals surface area contributed by atoms with Crippen molar-refractivity contribution in [2.24, 2.45) is 0 Å². The summed E-state index contributed by atoms with van der Waals surface area (Å²) in [6, 6.07) is 28.5. The van der Waals surface area contributed by atoms with Crippen LogP contribution in [0.25, 0.3) is 0 Å². The van der Waals surface area contributed by atoms with Crippen LogP contribution in [0.1, 0.15) is 39.3 Å². The Morgan fingerprint density at radius 2 is 0.886 bits per heavy atom. The van der Waals surface area contributed by atoms with Crippen molar-refractivity contribution in [1.82, 2.24) is 0 Å². The average molecular weight is 596 g/mol. The molecular weight excluding hydrogens is 555 g/mol. The summed E-state index contributed by atoms with van der Waals surface area (Å²) in [7, 11) is -3.28. The third-order valence-corrected chi connectivity index (χ3v) is 47.1. The third kappa shape index (κ3) is 3.51. The van der Waals surface area contributed by atoms with Crippen LogP contribution in [0.3, 0.4) is 0 Å². The summed E-state index contributed by atoms with van der Waals surface area (Å²) >= 11 is 0.446. The molecule has 0 radical (unpaired) electrons. The second-order valence-electron chi connectivity index (χ2n) is 13.6. The number of benzene rings is 3. The normalized spacial score (nSPS) is 21.7. The molecule has 1 unspecified atom stereocenters. The summed E-state index contributed by atoms with van der Waals surface area (Å²) in [6.45, 7) is 24.4. The molecule has 0 saturated heterocycles. The molecule has 3 aromatic rings. The van der Waals surface area contributed by atoms with Crippen LogP contribution in [-0.2, 0) is 4.31 Å². The number of rotatable bonds is 6. The Morgan fingerprint density at radius 3 is 1.20 bits per heavy atom. The first-order valence-corrected chi connectivity index (χ1v) is 27.8. The molecule has 0 aromatic heterocycles. The Kier molecular flexibility index (Phi) is 6.20. The molecule has 35 heavy (non-hydrogen) atoms. The van der Waals surface area contributed by atoms with Crippen molar-refractivity contribution < 1.29 is 0 Å². The van der Waals surface area contributed by atoms with E-state index in [1.165, 1.54) is 0 Å². The minimum absolute atomic E-state index is 0.0359. The van der Waals surface area contributed by atoms with Gasteiger partial charge in [-0.05, 0) is 0 Å². The topological polar surface area (TPSA) is 0 Å². The number of hydrogen-bond donors (Lipinski definition) is 0. The molecular formula is C30H41PSeSi3. The average Bonchev–Trinajstić information content (AvgIpc) is 2.77. The second kappa shape index (κ2) is 8.38. The van der Waals surface area contributed by atoms with Crippen molar-refractivity contribution in [3.63, 3.8) is 0 Å². The summed E-state index contributed by atoms with van der Waals surface area (Å²) in [5, 5.41) is 0. The van der Waals surface area contributed by atoms with E-state index in [9.17, 15) is 0 Å². The molecule has 3 aliphatic rings. The van der Waals surface area contributed by atoms with Crippen LogP contribution < -0.4 is 0 Å². The molecule has 0 saturated carbocycles. The molecule has 3 aliphatic carbocycles. The Hall–Kier alpha value is -0.740. The summed E-state index contributed by atoms with van der Waals surface area (Å²) in [6.07, 6.45) is 0. The van der Waals surface area contributed by atoms with Crippen LogP contribution in [-0.4, -0.2) is 42.8 Å². The third-order valence-electron chi connectivity index (χ3n) is 8.69. The number of hydrogen-bond acceptors (Lipinski definition) is 0. The van der Waals surface area contributed by atoms with E-state index in [2.05, 4.69) is 132 Å². The van der Waals surface area contributed by atoms with Crippen molar-refractivity contribution in [2.45, 2.75) is 73.2 Å². The van der Waals surface area contributed by atoms with Gasteiger partial charge in [0.1, 0.15) is 0 Å². The molecule has 0 amide bonds. The fourth-order valence-electron chi connectivity index (χ4n) is 8.30. The van der Waals surface area contributed by atoms with E-state index >= 15 is 0 Å². The van der Waals surface area contributed by atoms with Crippen LogP contribution >= 0.6 is 7.27 Å². The van der Waals surface area contributed by atoms with Gasteiger partial charge in [0.05, 0.1) is 0 Å². The van der Waals surface area contributed by atoms with Gasteiger partial charge in [-0.25, -0.2) is 0 Å². The van der Waals surface area contributed by atoms with Gasteiger partial charge >= 0.3 is 225 Å². The fraction of sp³-hybridized carbons (Fsp3) is 0.400. The molecule has 0 aliphatic heterocycles. The van der Waals surface area contributed by atoms with Gasteiger partial charge in [0, 0.05) is 0 Å². The van der Waals surface area contributed by atoms with Crippen molar-refractivity contribution in [2.75, 3.05) is 0 Å². The predicted molar refractivity (Wildman–Crippen MR) is 167 cm³/mol. The first-order valence-electron chi connectivity index (χ1n) is 13.0. The zero-order valence-corrected chi connectivity index (χ0v) is 28.6. The van der Waals surface area contributed by atoms with E-state index in [1.54, 1.807) is 33.4 Å². The second-order valence-corrected chi connectivity index (χ2v) is 37.3. The molecule has 184 valence electrons. The molecule has 2 bridgehead atoms. The van der Waals surface area contributed by atoms with E-state index in [0.29, 0.717) is 24.5 Å². The van der Waals surface area contributed by atoms with Crippen LogP contribution in [0.15, 0.2) is 72.8 Å². The zero-order valence-electron chi connectivity index (χ0n) is 22.9. The van der Waals surface area contributed by atoms with E-state index in [1.807, 2.05) is 0 Å². The standard InChI is InChI=1S/C30H41PSeSi3/c1-33(2,3)30(34(4,5)6,35(7,8)9)31-32-29-25-19-13-10-16-22(25)28(23-17-11-14-20-26(23)29)24-18-12-15-21-27(24)29/h10-21,28,31H,1-9H3. The van der Waals surface area contributed by atoms with Gasteiger partial charge in [-0.2, -0.15) is 0 Å². The summed E-state index contributed by atoms with van der Waals surface area (Å²) in [5.41, 5.74) is 9.55. The van der Waals surface area contributed by atoms with Gasteiger partial charge in [0.15, 0.2) is 0 Å². The zero-order chi connectivity index (χ0) is 25.4. The maximum atomic E-state index is 2.71. The van der Waals surface area contributed by atoms with E-state index in [4.69, 9.17) is 0 Å². The molecule has 0 spiro atoms. The first-order chi connectivity index (χ1) is 16.3. The maximum absolute atomic E-state index is 2.71. The Labute approximate surface area is 224 Å². The van der Waals surface area contributed by atoms with E-state index in [-0.39, 0.29) is 4.31 Å². The molecule has 3 aromatic carbocycles. The summed E-state index contributed by atoms with van der Waals surface area (Å²) in [5.74, 6) is 0.385. The molecule has 0 nitrogen and oxygen atoms in total. The van der Waals surface area contributed by atoms with Gasteiger partial charge in [-0.1, -0.05) is 0 Å². The minimum atomic E-state index is -1.45. The van der Waals surface area contributed by atoms with Crippen LogP contribution in [0, 0.1) is 0 Å². The SMILES string of the molecule is C[Si](C)(C)C(P[Se]C12c3ccccc3C(c3ccccc31)c1ccccc12)([Si](C)(C)C)[Si](C)(C)C. The van der Waals surface area contributed by atoms with E-state index < -0.39 is 24.2 Å². The van der Waals surface area contributed by atoms with Gasteiger partial charge in [0.2, 0.25) is 0 Å². The van der Waals surface area contributed by atoms with Crippen molar-refractivity contribution in [3.8, 4) is 0 Å². The van der Waals surface area contributed by atoms with Gasteiger partial charge in [-0.3, -0.25) is 0 Å². The molecule has 0 fully saturated rings. The summed E-state index contributed by atoms with van der Waals surface area (Å²) in [4.78, 5) is 0. The monoisotopic (exact) mass is 596 g/mol. The van der Waals surface area contributed by atoms with E-state index in [0.717, 1.165) is 7.27 Å².